The molecule has 0 radical (unpaired) electrons. The molecule has 0 N–H and O–H groups in total. The molecule has 2 aliphatic rings. The lowest BCUT2D eigenvalue weighted by Gasteiger charge is -2.27. The van der Waals surface area contributed by atoms with E-state index < -0.39 is 0 Å². The largest absolute Gasteiger partial charge is 0.493 e. The lowest BCUT2D eigenvalue weighted by molar-refractivity contribution is 0.0302. The molecule has 3 heterocycles. The summed E-state index contributed by atoms with van der Waals surface area (Å²) in [4.78, 5) is 19.1. The van der Waals surface area contributed by atoms with Gasteiger partial charge in [-0.25, -0.2) is 0 Å². The zero-order chi connectivity index (χ0) is 17.8. The van der Waals surface area contributed by atoms with Crippen LogP contribution in [0.1, 0.15) is 28.0 Å². The van der Waals surface area contributed by atoms with Gasteiger partial charge in [0.05, 0.1) is 19.8 Å². The smallest absolute Gasteiger partial charge is 0.254 e. The number of pyridine rings is 1. The third-order valence-electron chi connectivity index (χ3n) is 5.12. The molecule has 0 spiro atoms. The Kier molecular flexibility index (Phi) is 5.16. The van der Waals surface area contributed by atoms with E-state index in [1.165, 1.54) is 5.56 Å². The number of benzene rings is 1. The van der Waals surface area contributed by atoms with Gasteiger partial charge in [-0.05, 0) is 48.9 Å². The molecule has 1 saturated heterocycles. The molecule has 1 amide bonds. The first-order valence-corrected chi connectivity index (χ1v) is 9.32. The van der Waals surface area contributed by atoms with E-state index in [2.05, 4.69) is 17.1 Å². The van der Waals surface area contributed by atoms with Gasteiger partial charge >= 0.3 is 0 Å². The van der Waals surface area contributed by atoms with Crippen molar-refractivity contribution in [1.29, 1.82) is 0 Å². The van der Waals surface area contributed by atoms with Crippen molar-refractivity contribution in [2.75, 3.05) is 32.9 Å². The second kappa shape index (κ2) is 7.87. The number of carbonyl (C=O) groups excluding carboxylic acids is 1. The molecule has 2 aromatic rings. The van der Waals surface area contributed by atoms with Crippen molar-refractivity contribution in [3.63, 3.8) is 0 Å². The summed E-state index contributed by atoms with van der Waals surface area (Å²) in [6.07, 6.45) is 4.60. The molecule has 2 aliphatic heterocycles. The fourth-order valence-electron chi connectivity index (χ4n) is 3.70. The second-order valence-electron chi connectivity index (χ2n) is 6.96. The van der Waals surface area contributed by atoms with Crippen LogP contribution in [-0.2, 0) is 17.6 Å². The summed E-state index contributed by atoms with van der Waals surface area (Å²) in [5, 5.41) is 0. The Hall–Kier alpha value is -2.40. The Morgan fingerprint density at radius 2 is 2.00 bits per heavy atom. The first kappa shape index (κ1) is 17.0. The maximum atomic E-state index is 12.7. The number of morpholine rings is 1. The second-order valence-corrected chi connectivity index (χ2v) is 6.96. The van der Waals surface area contributed by atoms with Gasteiger partial charge in [0.25, 0.3) is 5.91 Å². The number of rotatable bonds is 3. The van der Waals surface area contributed by atoms with Gasteiger partial charge in [-0.3, -0.25) is 9.78 Å². The Morgan fingerprint density at radius 3 is 2.88 bits per heavy atom. The highest BCUT2D eigenvalue weighted by Gasteiger charge is 2.21. The van der Waals surface area contributed by atoms with E-state index in [1.807, 2.05) is 29.2 Å². The molecule has 0 unspecified atom stereocenters. The number of amides is 1. The summed E-state index contributed by atoms with van der Waals surface area (Å²) < 4.78 is 11.2. The van der Waals surface area contributed by atoms with Crippen molar-refractivity contribution in [3.05, 3.63) is 59.4 Å². The minimum absolute atomic E-state index is 0.0755. The highest BCUT2D eigenvalue weighted by Crippen LogP contribution is 2.28. The van der Waals surface area contributed by atoms with E-state index in [-0.39, 0.29) is 5.91 Å². The van der Waals surface area contributed by atoms with E-state index in [4.69, 9.17) is 9.47 Å². The topological polar surface area (TPSA) is 51.7 Å². The van der Waals surface area contributed by atoms with Gasteiger partial charge < -0.3 is 14.4 Å². The number of fused-ring (bicyclic) bond motifs is 1. The molecule has 0 aliphatic carbocycles. The average molecular weight is 352 g/mol. The van der Waals surface area contributed by atoms with Crippen LogP contribution in [0.4, 0.5) is 0 Å². The standard InChI is InChI=1S/C21H24N2O3/c24-21(23-8-11-25-12-9-23)18-5-7-22-19(15-18)14-16-6-10-26-20-4-2-1-3-17(20)13-16/h1-5,7,15-16H,6,8-14H2/t16-/m0/s1. The van der Waals surface area contributed by atoms with Gasteiger partial charge in [0.15, 0.2) is 0 Å². The average Bonchev–Trinajstić information content (AvgIpc) is 2.90. The third-order valence-corrected chi connectivity index (χ3v) is 5.12. The van der Waals surface area contributed by atoms with Gasteiger partial charge in [0, 0.05) is 30.5 Å². The molecular formula is C21H24N2O3. The Balaban J connectivity index is 1.46. The van der Waals surface area contributed by atoms with Gasteiger partial charge in [-0.2, -0.15) is 0 Å². The van der Waals surface area contributed by atoms with Crippen molar-refractivity contribution in [2.24, 2.45) is 5.92 Å². The number of carbonyl (C=O) groups is 1. The Morgan fingerprint density at radius 1 is 1.15 bits per heavy atom. The minimum atomic E-state index is 0.0755. The van der Waals surface area contributed by atoms with Crippen LogP contribution >= 0.6 is 0 Å². The van der Waals surface area contributed by atoms with Crippen LogP contribution in [0.5, 0.6) is 5.75 Å². The van der Waals surface area contributed by atoms with Crippen LogP contribution in [0.3, 0.4) is 0 Å². The number of nitrogens with zero attached hydrogens (tertiary/aromatic N) is 2. The SMILES string of the molecule is O=C(c1ccnc(C[C@H]2CCOc3ccccc3C2)c1)N1CCOCC1. The van der Waals surface area contributed by atoms with Crippen LogP contribution in [0.15, 0.2) is 42.6 Å². The Bertz CT molecular complexity index is 771. The molecule has 136 valence electrons. The first-order valence-electron chi connectivity index (χ1n) is 9.32. The monoisotopic (exact) mass is 352 g/mol. The van der Waals surface area contributed by atoms with Crippen molar-refractivity contribution in [1.82, 2.24) is 9.88 Å². The molecule has 1 atom stereocenters. The molecule has 26 heavy (non-hydrogen) atoms. The summed E-state index contributed by atoms with van der Waals surface area (Å²) in [5.74, 6) is 1.55. The van der Waals surface area contributed by atoms with Crippen molar-refractivity contribution in [2.45, 2.75) is 19.3 Å². The molecule has 4 rings (SSSR count). The highest BCUT2D eigenvalue weighted by molar-refractivity contribution is 5.94. The van der Waals surface area contributed by atoms with E-state index in [0.717, 1.165) is 42.9 Å². The molecule has 0 saturated carbocycles. The fourth-order valence-corrected chi connectivity index (χ4v) is 3.70. The maximum Gasteiger partial charge on any atom is 0.254 e. The first-order chi connectivity index (χ1) is 12.8. The molecule has 1 fully saturated rings. The van der Waals surface area contributed by atoms with Crippen LogP contribution in [0.2, 0.25) is 0 Å². The van der Waals surface area contributed by atoms with Crippen LogP contribution < -0.4 is 4.74 Å². The van der Waals surface area contributed by atoms with Crippen LogP contribution in [-0.4, -0.2) is 48.7 Å². The zero-order valence-corrected chi connectivity index (χ0v) is 14.9. The minimum Gasteiger partial charge on any atom is -0.493 e. The number of hydrogen-bond acceptors (Lipinski definition) is 4. The van der Waals surface area contributed by atoms with E-state index in [1.54, 1.807) is 6.20 Å². The molecule has 5 nitrogen and oxygen atoms in total. The van der Waals surface area contributed by atoms with Crippen LogP contribution in [0.25, 0.3) is 0 Å². The Labute approximate surface area is 153 Å². The fraction of sp³-hybridized carbons (Fsp3) is 0.429. The number of ether oxygens (including phenoxy) is 2. The van der Waals surface area contributed by atoms with Crippen LogP contribution in [0, 0.1) is 5.92 Å². The van der Waals surface area contributed by atoms with Crippen molar-refractivity contribution < 1.29 is 14.3 Å². The van der Waals surface area contributed by atoms with E-state index in [0.29, 0.717) is 32.2 Å². The third kappa shape index (κ3) is 3.88. The molecular weight excluding hydrogens is 328 g/mol. The highest BCUT2D eigenvalue weighted by atomic mass is 16.5. The molecule has 1 aromatic heterocycles. The molecule has 1 aromatic carbocycles. The van der Waals surface area contributed by atoms with Crippen molar-refractivity contribution >= 4 is 5.91 Å². The van der Waals surface area contributed by atoms with Gasteiger partial charge in [0.2, 0.25) is 0 Å². The lowest BCUT2D eigenvalue weighted by atomic mass is 9.92. The summed E-state index contributed by atoms with van der Waals surface area (Å²) in [5.41, 5.74) is 2.96. The molecule has 0 bridgehead atoms. The quantitative estimate of drug-likeness (QED) is 0.852. The maximum absolute atomic E-state index is 12.7. The number of hydrogen-bond donors (Lipinski definition) is 0. The summed E-state index contributed by atoms with van der Waals surface area (Å²) >= 11 is 0. The van der Waals surface area contributed by atoms with Gasteiger partial charge in [0.1, 0.15) is 5.75 Å². The van der Waals surface area contributed by atoms with Gasteiger partial charge in [-0.15, -0.1) is 0 Å². The normalized spacial score (nSPS) is 20.0. The van der Waals surface area contributed by atoms with Crippen molar-refractivity contribution in [3.8, 4) is 5.75 Å². The van der Waals surface area contributed by atoms with Gasteiger partial charge in [-0.1, -0.05) is 18.2 Å². The summed E-state index contributed by atoms with van der Waals surface area (Å²) in [6.45, 7) is 3.28. The predicted molar refractivity (Wildman–Crippen MR) is 98.4 cm³/mol. The lowest BCUT2D eigenvalue weighted by Crippen LogP contribution is -2.40. The summed E-state index contributed by atoms with van der Waals surface area (Å²) in [7, 11) is 0. The molecule has 5 heteroatoms. The van der Waals surface area contributed by atoms with E-state index in [9.17, 15) is 4.79 Å². The van der Waals surface area contributed by atoms with E-state index >= 15 is 0 Å². The number of aromatic nitrogens is 1. The summed E-state index contributed by atoms with van der Waals surface area (Å²) in [6, 6.07) is 12.0. The number of para-hydroxylation sites is 1. The predicted octanol–water partition coefficient (Wildman–Crippen LogP) is 2.74. The zero-order valence-electron chi connectivity index (χ0n) is 14.9.